The number of amides is 2. The summed E-state index contributed by atoms with van der Waals surface area (Å²) in [5.41, 5.74) is 3.11. The highest BCUT2D eigenvalue weighted by atomic mass is 16.6. The summed E-state index contributed by atoms with van der Waals surface area (Å²) in [4.78, 5) is 31.9. The first-order valence-electron chi connectivity index (χ1n) is 8.22. The van der Waals surface area contributed by atoms with Crippen LogP contribution in [0, 0.1) is 0 Å². The number of aromatic nitrogens is 2. The summed E-state index contributed by atoms with van der Waals surface area (Å²) in [6.07, 6.45) is 6.63. The van der Waals surface area contributed by atoms with E-state index >= 15 is 0 Å². The topological polar surface area (TPSA) is 87.3 Å². The SMILES string of the molecule is CC(C)(C)OC(=O)N1CC=C(c2c[nH]c3ncc(NC=O)cc23)CC1. The number of carbonyl (C=O) groups is 2. The van der Waals surface area contributed by atoms with Crippen molar-refractivity contribution in [3.05, 3.63) is 30.1 Å². The van der Waals surface area contributed by atoms with Crippen LogP contribution in [0.4, 0.5) is 10.5 Å². The lowest BCUT2D eigenvalue weighted by atomic mass is 9.99. The summed E-state index contributed by atoms with van der Waals surface area (Å²) in [5.74, 6) is 0. The van der Waals surface area contributed by atoms with E-state index in [1.165, 1.54) is 0 Å². The fraction of sp³-hybridized carbons (Fsp3) is 0.389. The number of pyridine rings is 1. The van der Waals surface area contributed by atoms with Crippen molar-refractivity contribution in [1.29, 1.82) is 0 Å². The molecule has 0 atom stereocenters. The third kappa shape index (κ3) is 3.81. The summed E-state index contributed by atoms with van der Waals surface area (Å²) in [5, 5.41) is 3.57. The molecule has 0 fully saturated rings. The number of hydrogen-bond donors (Lipinski definition) is 2. The van der Waals surface area contributed by atoms with Crippen molar-refractivity contribution in [3.8, 4) is 0 Å². The molecule has 0 aromatic carbocycles. The molecular weight excluding hydrogens is 320 g/mol. The lowest BCUT2D eigenvalue weighted by molar-refractivity contribution is -0.105. The van der Waals surface area contributed by atoms with Crippen molar-refractivity contribution >= 4 is 34.8 Å². The van der Waals surface area contributed by atoms with E-state index in [1.807, 2.05) is 39.1 Å². The average molecular weight is 342 g/mol. The molecule has 2 aromatic heterocycles. The Balaban J connectivity index is 1.79. The van der Waals surface area contributed by atoms with E-state index in [2.05, 4.69) is 15.3 Å². The molecule has 7 heteroatoms. The Morgan fingerprint density at radius 3 is 2.88 bits per heavy atom. The Kier molecular flexibility index (Phi) is 4.48. The third-order valence-electron chi connectivity index (χ3n) is 3.96. The molecule has 25 heavy (non-hydrogen) atoms. The van der Waals surface area contributed by atoms with Crippen molar-refractivity contribution in [1.82, 2.24) is 14.9 Å². The normalized spacial score (nSPS) is 15.0. The van der Waals surface area contributed by atoms with Crippen LogP contribution in [-0.4, -0.2) is 46.1 Å². The smallest absolute Gasteiger partial charge is 0.410 e. The molecular formula is C18H22N4O3. The van der Waals surface area contributed by atoms with Crippen LogP contribution in [0.1, 0.15) is 32.8 Å². The van der Waals surface area contributed by atoms with Crippen LogP contribution in [0.2, 0.25) is 0 Å². The van der Waals surface area contributed by atoms with Crippen LogP contribution in [0.25, 0.3) is 16.6 Å². The fourth-order valence-corrected chi connectivity index (χ4v) is 2.82. The van der Waals surface area contributed by atoms with Gasteiger partial charge in [0.2, 0.25) is 6.41 Å². The molecule has 132 valence electrons. The molecule has 0 aliphatic carbocycles. The van der Waals surface area contributed by atoms with Crippen molar-refractivity contribution in [2.75, 3.05) is 18.4 Å². The maximum absolute atomic E-state index is 12.2. The number of ether oxygens (including phenoxy) is 1. The molecule has 7 nitrogen and oxygen atoms in total. The number of carbonyl (C=O) groups excluding carboxylic acids is 2. The predicted octanol–water partition coefficient (Wildman–Crippen LogP) is 3.16. The molecule has 0 saturated heterocycles. The maximum atomic E-state index is 12.2. The van der Waals surface area contributed by atoms with Gasteiger partial charge < -0.3 is 19.9 Å². The number of hydrogen-bond acceptors (Lipinski definition) is 4. The molecule has 0 radical (unpaired) electrons. The second kappa shape index (κ2) is 6.58. The number of aromatic amines is 1. The summed E-state index contributed by atoms with van der Waals surface area (Å²) in [6, 6.07) is 1.89. The highest BCUT2D eigenvalue weighted by Crippen LogP contribution is 2.30. The molecule has 2 aromatic rings. The number of fused-ring (bicyclic) bond motifs is 1. The molecule has 0 spiro atoms. The first kappa shape index (κ1) is 17.0. The van der Waals surface area contributed by atoms with Gasteiger partial charge in [-0.15, -0.1) is 0 Å². The molecule has 2 amide bonds. The van der Waals surface area contributed by atoms with E-state index in [-0.39, 0.29) is 6.09 Å². The predicted molar refractivity (Wildman–Crippen MR) is 96.2 cm³/mol. The quantitative estimate of drug-likeness (QED) is 0.839. The molecule has 1 aliphatic heterocycles. The first-order chi connectivity index (χ1) is 11.9. The van der Waals surface area contributed by atoms with Gasteiger partial charge in [0.15, 0.2) is 0 Å². The van der Waals surface area contributed by atoms with Gasteiger partial charge in [0.25, 0.3) is 0 Å². The van der Waals surface area contributed by atoms with Crippen molar-refractivity contribution < 1.29 is 14.3 Å². The molecule has 3 heterocycles. The van der Waals surface area contributed by atoms with Crippen LogP contribution in [0.15, 0.2) is 24.5 Å². The van der Waals surface area contributed by atoms with Crippen molar-refractivity contribution in [3.63, 3.8) is 0 Å². The van der Waals surface area contributed by atoms with E-state index in [0.29, 0.717) is 25.2 Å². The summed E-state index contributed by atoms with van der Waals surface area (Å²) < 4.78 is 5.42. The lowest BCUT2D eigenvalue weighted by Gasteiger charge is -2.29. The molecule has 0 saturated carbocycles. The van der Waals surface area contributed by atoms with Gasteiger partial charge >= 0.3 is 6.09 Å². The second-order valence-corrected chi connectivity index (χ2v) is 6.99. The van der Waals surface area contributed by atoms with Crippen LogP contribution in [0.5, 0.6) is 0 Å². The average Bonchev–Trinajstić information content (AvgIpc) is 2.97. The van der Waals surface area contributed by atoms with Crippen LogP contribution in [0.3, 0.4) is 0 Å². The molecule has 2 N–H and O–H groups in total. The standard InChI is InChI=1S/C18H22N4O3/c1-18(2,3)25-17(24)22-6-4-12(5-7-22)15-10-20-16-14(15)8-13(9-19-16)21-11-23/h4,8-11H,5-7H2,1-3H3,(H,19,20)(H,21,23). The fourth-order valence-electron chi connectivity index (χ4n) is 2.82. The van der Waals surface area contributed by atoms with Gasteiger partial charge in [0, 0.05) is 30.2 Å². The number of rotatable bonds is 3. The number of nitrogens with zero attached hydrogens (tertiary/aromatic N) is 2. The minimum Gasteiger partial charge on any atom is -0.444 e. The number of anilines is 1. The van der Waals surface area contributed by atoms with E-state index < -0.39 is 5.60 Å². The Morgan fingerprint density at radius 2 is 2.24 bits per heavy atom. The number of nitrogens with one attached hydrogen (secondary N) is 2. The second-order valence-electron chi connectivity index (χ2n) is 6.99. The molecule has 0 bridgehead atoms. The van der Waals surface area contributed by atoms with E-state index in [0.717, 1.165) is 28.6 Å². The zero-order valence-corrected chi connectivity index (χ0v) is 14.6. The van der Waals surface area contributed by atoms with Crippen LogP contribution >= 0.6 is 0 Å². The zero-order valence-electron chi connectivity index (χ0n) is 14.6. The lowest BCUT2D eigenvalue weighted by Crippen LogP contribution is -2.39. The minimum atomic E-state index is -0.494. The summed E-state index contributed by atoms with van der Waals surface area (Å²) >= 11 is 0. The third-order valence-corrected chi connectivity index (χ3v) is 3.96. The summed E-state index contributed by atoms with van der Waals surface area (Å²) in [7, 11) is 0. The minimum absolute atomic E-state index is 0.291. The summed E-state index contributed by atoms with van der Waals surface area (Å²) in [6.45, 7) is 6.70. The Hall–Kier alpha value is -2.83. The highest BCUT2D eigenvalue weighted by molar-refractivity contribution is 5.93. The van der Waals surface area contributed by atoms with Gasteiger partial charge in [-0.2, -0.15) is 0 Å². The molecule has 1 aliphatic rings. The van der Waals surface area contributed by atoms with Crippen molar-refractivity contribution in [2.24, 2.45) is 0 Å². The van der Waals surface area contributed by atoms with E-state index in [4.69, 9.17) is 4.74 Å². The van der Waals surface area contributed by atoms with E-state index in [1.54, 1.807) is 11.1 Å². The van der Waals surface area contributed by atoms with Gasteiger partial charge in [-0.05, 0) is 38.8 Å². The van der Waals surface area contributed by atoms with Crippen LogP contribution < -0.4 is 5.32 Å². The Bertz CT molecular complexity index is 832. The van der Waals surface area contributed by atoms with Gasteiger partial charge in [0.1, 0.15) is 11.2 Å². The zero-order chi connectivity index (χ0) is 18.0. The Labute approximate surface area is 146 Å². The maximum Gasteiger partial charge on any atom is 0.410 e. The molecule has 0 unspecified atom stereocenters. The van der Waals surface area contributed by atoms with Gasteiger partial charge in [-0.25, -0.2) is 9.78 Å². The van der Waals surface area contributed by atoms with Gasteiger partial charge in [-0.3, -0.25) is 4.79 Å². The van der Waals surface area contributed by atoms with Gasteiger partial charge in [-0.1, -0.05) is 6.08 Å². The largest absolute Gasteiger partial charge is 0.444 e. The first-order valence-corrected chi connectivity index (χ1v) is 8.22. The molecule has 3 rings (SSSR count). The Morgan fingerprint density at radius 1 is 1.44 bits per heavy atom. The van der Waals surface area contributed by atoms with Crippen LogP contribution in [-0.2, 0) is 9.53 Å². The monoisotopic (exact) mass is 342 g/mol. The van der Waals surface area contributed by atoms with E-state index in [9.17, 15) is 9.59 Å². The number of H-pyrrole nitrogens is 1. The van der Waals surface area contributed by atoms with Crippen molar-refractivity contribution in [2.45, 2.75) is 32.8 Å². The highest BCUT2D eigenvalue weighted by Gasteiger charge is 2.24. The van der Waals surface area contributed by atoms with Gasteiger partial charge in [0.05, 0.1) is 11.9 Å².